The van der Waals surface area contributed by atoms with E-state index in [1.807, 2.05) is 37.3 Å². The van der Waals surface area contributed by atoms with Crippen LogP contribution in [0.4, 0.5) is 0 Å². The Balaban J connectivity index is 2.24. The van der Waals surface area contributed by atoms with Gasteiger partial charge >= 0.3 is 0 Å². The van der Waals surface area contributed by atoms with Gasteiger partial charge in [-0.3, -0.25) is 9.59 Å². The van der Waals surface area contributed by atoms with Crippen molar-refractivity contribution in [2.75, 3.05) is 32.4 Å². The summed E-state index contributed by atoms with van der Waals surface area (Å²) in [5.74, 6) is 2.50. The van der Waals surface area contributed by atoms with Crippen molar-refractivity contribution in [3.05, 3.63) is 35.9 Å². The van der Waals surface area contributed by atoms with Crippen LogP contribution in [0.25, 0.3) is 0 Å². The number of amides is 2. The van der Waals surface area contributed by atoms with Crippen LogP contribution in [0.3, 0.4) is 0 Å². The third kappa shape index (κ3) is 13.8. The highest BCUT2D eigenvalue weighted by molar-refractivity contribution is 7.89. The molecule has 2 rings (SSSR count). The smallest absolute Gasteiger partial charge is 0.243 e. The Bertz CT molecular complexity index is 1240. The number of aliphatic hydroxyl groups excluding tert-OH is 2. The number of hydrogen-bond acceptors (Lipinski definition) is 7. The van der Waals surface area contributed by atoms with Gasteiger partial charge in [0, 0.05) is 33.0 Å². The summed E-state index contributed by atoms with van der Waals surface area (Å²) in [4.78, 5) is 27.4. The van der Waals surface area contributed by atoms with E-state index in [1.165, 1.54) is 11.4 Å². The second-order valence-electron chi connectivity index (χ2n) is 12.4. The van der Waals surface area contributed by atoms with Crippen molar-refractivity contribution in [1.29, 1.82) is 0 Å². The summed E-state index contributed by atoms with van der Waals surface area (Å²) < 4.78 is 27.9. The van der Waals surface area contributed by atoms with Crippen LogP contribution in [0.15, 0.2) is 30.3 Å². The predicted molar refractivity (Wildman–Crippen MR) is 182 cm³/mol. The summed E-state index contributed by atoms with van der Waals surface area (Å²) >= 11 is 0. The zero-order valence-corrected chi connectivity index (χ0v) is 28.3. The van der Waals surface area contributed by atoms with E-state index in [9.17, 15) is 28.2 Å². The normalized spacial score (nSPS) is 17.2. The molecule has 10 nitrogen and oxygen atoms in total. The van der Waals surface area contributed by atoms with Gasteiger partial charge in [-0.25, -0.2) is 12.7 Å². The van der Waals surface area contributed by atoms with Crippen LogP contribution < -0.4 is 16.0 Å². The molecule has 3 unspecified atom stereocenters. The first kappa shape index (κ1) is 39.2. The molecule has 46 heavy (non-hydrogen) atoms. The molecule has 0 aromatic heterocycles. The molecule has 256 valence electrons. The standard InChI is InChI=1S/C35H54N4O6S/c1-5-8-20-32(40)33(41)31(25-28-18-13-10-14-19-28)38-35(43)30(15-6-2)37-34(42)29(24-27-16-11-9-12-17-27)26-46(44,45)39(4)23-22-36-21-7-3/h1-2,9,11-12,16-17,28-33,36,40-41H,7-8,10,13-15,18-26H2,3-4H3,(H,37,42)(H,38,43)/t29?,30-,31?,32?,33+/m0/s1. The van der Waals surface area contributed by atoms with Crippen molar-refractivity contribution in [2.45, 2.75) is 102 Å². The van der Waals surface area contributed by atoms with E-state index < -0.39 is 57.8 Å². The Morgan fingerprint density at radius 2 is 1.72 bits per heavy atom. The molecule has 1 fully saturated rings. The lowest BCUT2D eigenvalue weighted by molar-refractivity contribution is -0.132. The fourth-order valence-corrected chi connectivity index (χ4v) is 7.22. The number of terminal acetylenes is 2. The largest absolute Gasteiger partial charge is 0.390 e. The minimum atomic E-state index is -3.83. The number of rotatable bonds is 21. The van der Waals surface area contributed by atoms with E-state index in [2.05, 4.69) is 27.8 Å². The number of nitrogens with one attached hydrogen (secondary N) is 3. The number of nitrogens with zero attached hydrogens (tertiary/aromatic N) is 1. The second-order valence-corrected chi connectivity index (χ2v) is 14.5. The zero-order valence-electron chi connectivity index (χ0n) is 27.5. The van der Waals surface area contributed by atoms with Crippen LogP contribution in [0.5, 0.6) is 0 Å². The number of benzene rings is 1. The predicted octanol–water partition coefficient (Wildman–Crippen LogP) is 2.21. The SMILES string of the molecule is C#CCCC(O)[C@H](O)C(CC1CCCCC1)NC(=O)[C@H](CC#C)NC(=O)C(Cc1ccccc1)CS(=O)(=O)N(C)CCNCCC. The summed E-state index contributed by atoms with van der Waals surface area (Å²) in [6.07, 6.45) is 15.6. The lowest BCUT2D eigenvalue weighted by atomic mass is 9.82. The molecule has 5 N–H and O–H groups in total. The van der Waals surface area contributed by atoms with Gasteiger partial charge in [-0.2, -0.15) is 0 Å². The fourth-order valence-electron chi connectivity index (χ4n) is 5.82. The number of sulfonamides is 1. The molecule has 0 saturated heterocycles. The number of hydrogen-bond donors (Lipinski definition) is 5. The molecular weight excluding hydrogens is 604 g/mol. The molecule has 2 amide bonds. The van der Waals surface area contributed by atoms with E-state index in [0.717, 1.165) is 50.6 Å². The van der Waals surface area contributed by atoms with E-state index in [1.54, 1.807) is 0 Å². The van der Waals surface area contributed by atoms with Gasteiger partial charge in [-0.1, -0.05) is 69.4 Å². The molecule has 1 saturated carbocycles. The third-order valence-electron chi connectivity index (χ3n) is 8.60. The van der Waals surface area contributed by atoms with E-state index in [-0.39, 0.29) is 38.1 Å². The maximum atomic E-state index is 13.7. The van der Waals surface area contributed by atoms with E-state index >= 15 is 0 Å². The van der Waals surface area contributed by atoms with Crippen LogP contribution >= 0.6 is 0 Å². The Morgan fingerprint density at radius 3 is 2.35 bits per heavy atom. The Hall–Kier alpha value is -2.93. The monoisotopic (exact) mass is 658 g/mol. The maximum Gasteiger partial charge on any atom is 0.243 e. The highest BCUT2D eigenvalue weighted by Crippen LogP contribution is 2.29. The first-order valence-corrected chi connectivity index (χ1v) is 18.2. The summed E-state index contributed by atoms with van der Waals surface area (Å²) in [7, 11) is -2.34. The van der Waals surface area contributed by atoms with Crippen molar-refractivity contribution in [2.24, 2.45) is 11.8 Å². The quantitative estimate of drug-likeness (QED) is 0.101. The average Bonchev–Trinajstić information content (AvgIpc) is 3.05. The molecular formula is C35H54N4O6S. The van der Waals surface area contributed by atoms with Crippen LogP contribution in [0, 0.1) is 36.5 Å². The minimum Gasteiger partial charge on any atom is -0.390 e. The maximum absolute atomic E-state index is 13.7. The zero-order chi connectivity index (χ0) is 34.0. The molecule has 5 atom stereocenters. The molecule has 11 heteroatoms. The van der Waals surface area contributed by atoms with Gasteiger partial charge in [0.25, 0.3) is 0 Å². The van der Waals surface area contributed by atoms with Gasteiger partial charge in [0.05, 0.1) is 23.8 Å². The van der Waals surface area contributed by atoms with Crippen LogP contribution in [-0.4, -0.2) is 91.5 Å². The number of likely N-dealkylation sites (N-methyl/N-ethyl adjacent to an activating group) is 1. The molecule has 0 heterocycles. The average molecular weight is 659 g/mol. The lowest BCUT2D eigenvalue weighted by Gasteiger charge is -2.33. The summed E-state index contributed by atoms with van der Waals surface area (Å²) in [6.45, 7) is 3.53. The van der Waals surface area contributed by atoms with Crippen molar-refractivity contribution in [1.82, 2.24) is 20.3 Å². The lowest BCUT2D eigenvalue weighted by Crippen LogP contribution is -2.56. The van der Waals surface area contributed by atoms with Gasteiger partial charge in [0.2, 0.25) is 21.8 Å². The topological polar surface area (TPSA) is 148 Å². The van der Waals surface area contributed by atoms with Gasteiger partial charge in [0.1, 0.15) is 12.1 Å². The highest BCUT2D eigenvalue weighted by Gasteiger charge is 2.34. The van der Waals surface area contributed by atoms with Crippen LogP contribution in [-0.2, 0) is 26.0 Å². The van der Waals surface area contributed by atoms with Crippen molar-refractivity contribution in [3.8, 4) is 24.7 Å². The highest BCUT2D eigenvalue weighted by atomic mass is 32.2. The molecule has 1 aliphatic rings. The summed E-state index contributed by atoms with van der Waals surface area (Å²) in [6, 6.07) is 7.15. The molecule has 0 spiro atoms. The van der Waals surface area contributed by atoms with Crippen LogP contribution in [0.2, 0.25) is 0 Å². The molecule has 1 aromatic carbocycles. The van der Waals surface area contributed by atoms with Crippen molar-refractivity contribution >= 4 is 21.8 Å². The summed E-state index contributed by atoms with van der Waals surface area (Å²) in [5, 5.41) is 30.4. The summed E-state index contributed by atoms with van der Waals surface area (Å²) in [5.41, 5.74) is 0.777. The fraction of sp³-hybridized carbons (Fsp3) is 0.657. The van der Waals surface area contributed by atoms with Crippen molar-refractivity contribution < 1.29 is 28.2 Å². The molecule has 0 bridgehead atoms. The molecule has 1 aromatic rings. The Labute approximate surface area is 276 Å². The number of aliphatic hydroxyl groups is 2. The van der Waals surface area contributed by atoms with Gasteiger partial charge in [0.15, 0.2) is 0 Å². The van der Waals surface area contributed by atoms with Crippen LogP contribution in [0.1, 0.15) is 76.7 Å². The first-order valence-electron chi connectivity index (χ1n) is 16.5. The molecule has 0 radical (unpaired) electrons. The Morgan fingerprint density at radius 1 is 1.02 bits per heavy atom. The Kier molecular flexibility index (Phi) is 18.0. The van der Waals surface area contributed by atoms with Crippen molar-refractivity contribution in [3.63, 3.8) is 0 Å². The van der Waals surface area contributed by atoms with Gasteiger partial charge in [-0.05, 0) is 43.7 Å². The first-order chi connectivity index (χ1) is 22.0. The van der Waals surface area contributed by atoms with Gasteiger partial charge < -0.3 is 26.2 Å². The van der Waals surface area contributed by atoms with E-state index in [4.69, 9.17) is 12.8 Å². The molecule has 0 aliphatic heterocycles. The minimum absolute atomic E-state index is 0.141. The van der Waals surface area contributed by atoms with Gasteiger partial charge in [-0.15, -0.1) is 24.7 Å². The van der Waals surface area contributed by atoms with E-state index in [0.29, 0.717) is 13.0 Å². The third-order valence-corrected chi connectivity index (χ3v) is 10.6. The number of carbonyl (C=O) groups is 2. The molecule has 1 aliphatic carbocycles. The number of carbonyl (C=O) groups excluding carboxylic acids is 2. The second kappa shape index (κ2) is 21.0.